The van der Waals surface area contributed by atoms with Crippen LogP contribution in [0.2, 0.25) is 0 Å². The number of benzene rings is 1. The van der Waals surface area contributed by atoms with E-state index in [0.717, 1.165) is 24.5 Å². The molecule has 1 aliphatic rings. The quantitative estimate of drug-likeness (QED) is 0.521. The number of hydrogen-bond donors (Lipinski definition) is 3. The molecule has 0 amide bonds. The Morgan fingerprint density at radius 1 is 1.46 bits per heavy atom. The highest BCUT2D eigenvalue weighted by molar-refractivity contribution is 5.70. The number of hydrogen-bond acceptors (Lipinski definition) is 3. The fourth-order valence-electron chi connectivity index (χ4n) is 1.66. The molecule has 1 aliphatic heterocycles. The van der Waals surface area contributed by atoms with E-state index in [2.05, 4.69) is 23.6 Å². The van der Waals surface area contributed by atoms with Gasteiger partial charge in [-0.3, -0.25) is 0 Å². The maximum absolute atomic E-state index is 5.88. The van der Waals surface area contributed by atoms with E-state index in [1.807, 2.05) is 12.1 Å². The molecular formula is C10H15N3. The van der Waals surface area contributed by atoms with Crippen LogP contribution in [0.3, 0.4) is 0 Å². The third kappa shape index (κ3) is 1.60. The number of nitrogens with one attached hydrogen (secondary N) is 2. The first-order chi connectivity index (χ1) is 6.27. The van der Waals surface area contributed by atoms with Gasteiger partial charge in [-0.2, -0.15) is 0 Å². The van der Waals surface area contributed by atoms with Gasteiger partial charge in [0.2, 0.25) is 0 Å². The van der Waals surface area contributed by atoms with E-state index in [9.17, 15) is 0 Å². The lowest BCUT2D eigenvalue weighted by Gasteiger charge is -2.14. The van der Waals surface area contributed by atoms with Crippen LogP contribution < -0.4 is 16.4 Å². The zero-order chi connectivity index (χ0) is 9.26. The molecule has 0 spiro atoms. The molecule has 0 unspecified atom stereocenters. The van der Waals surface area contributed by atoms with E-state index in [-0.39, 0.29) is 0 Å². The van der Waals surface area contributed by atoms with Crippen molar-refractivity contribution >= 4 is 11.4 Å². The zero-order valence-electron chi connectivity index (χ0n) is 7.80. The molecule has 1 aromatic rings. The molecule has 2 rings (SSSR count). The minimum Gasteiger partial charge on any atom is -0.397 e. The third-order valence-electron chi connectivity index (χ3n) is 2.34. The molecule has 3 heteroatoms. The van der Waals surface area contributed by atoms with Crippen molar-refractivity contribution < 1.29 is 0 Å². The highest BCUT2D eigenvalue weighted by Gasteiger charge is 2.12. The van der Waals surface area contributed by atoms with Crippen molar-refractivity contribution in [2.24, 2.45) is 0 Å². The molecular weight excluding hydrogens is 162 g/mol. The van der Waals surface area contributed by atoms with Crippen LogP contribution in [-0.4, -0.2) is 12.6 Å². The summed E-state index contributed by atoms with van der Waals surface area (Å²) in [6.07, 6.45) is 0. The Balaban J connectivity index is 2.40. The van der Waals surface area contributed by atoms with Crippen LogP contribution in [0.1, 0.15) is 12.5 Å². The van der Waals surface area contributed by atoms with Crippen LogP contribution in [0.25, 0.3) is 0 Å². The second-order valence-electron chi connectivity index (χ2n) is 3.56. The van der Waals surface area contributed by atoms with Crippen LogP contribution in [-0.2, 0) is 6.54 Å². The van der Waals surface area contributed by atoms with Gasteiger partial charge in [0, 0.05) is 19.1 Å². The molecule has 13 heavy (non-hydrogen) atoms. The first-order valence-electron chi connectivity index (χ1n) is 4.62. The average Bonchev–Trinajstić information content (AvgIpc) is 2.28. The van der Waals surface area contributed by atoms with Gasteiger partial charge in [-0.15, -0.1) is 0 Å². The van der Waals surface area contributed by atoms with E-state index in [4.69, 9.17) is 5.73 Å². The predicted octanol–water partition coefficient (Wildman–Crippen LogP) is 1.17. The molecule has 3 nitrogen and oxygen atoms in total. The minimum atomic E-state index is 0.436. The lowest BCUT2D eigenvalue weighted by Crippen LogP contribution is -2.26. The average molecular weight is 177 g/mol. The fraction of sp³-hybridized carbons (Fsp3) is 0.400. The van der Waals surface area contributed by atoms with Crippen LogP contribution in [0.5, 0.6) is 0 Å². The summed E-state index contributed by atoms with van der Waals surface area (Å²) in [6, 6.07) is 6.46. The largest absolute Gasteiger partial charge is 0.397 e. The maximum Gasteiger partial charge on any atom is 0.0622 e. The van der Waals surface area contributed by atoms with Gasteiger partial charge in [0.25, 0.3) is 0 Å². The lowest BCUT2D eigenvalue weighted by atomic mass is 10.1. The molecule has 4 N–H and O–H groups in total. The summed E-state index contributed by atoms with van der Waals surface area (Å²) in [5.74, 6) is 0. The molecule has 1 aromatic carbocycles. The summed E-state index contributed by atoms with van der Waals surface area (Å²) < 4.78 is 0. The third-order valence-corrected chi connectivity index (χ3v) is 2.34. The Bertz CT molecular complexity index is 309. The maximum atomic E-state index is 5.88. The Morgan fingerprint density at radius 2 is 2.31 bits per heavy atom. The van der Waals surface area contributed by atoms with Crippen molar-refractivity contribution in [3.8, 4) is 0 Å². The monoisotopic (exact) mass is 177 g/mol. The number of rotatable bonds is 0. The number of nitrogen functional groups attached to an aromatic ring is 1. The Kier molecular flexibility index (Phi) is 2.10. The fourth-order valence-corrected chi connectivity index (χ4v) is 1.66. The van der Waals surface area contributed by atoms with E-state index >= 15 is 0 Å². The number of anilines is 2. The van der Waals surface area contributed by atoms with E-state index < -0.39 is 0 Å². The highest BCUT2D eigenvalue weighted by atomic mass is 15.0. The predicted molar refractivity (Wildman–Crippen MR) is 55.6 cm³/mol. The van der Waals surface area contributed by atoms with Crippen molar-refractivity contribution in [1.29, 1.82) is 0 Å². The van der Waals surface area contributed by atoms with E-state index in [1.54, 1.807) is 0 Å². The first kappa shape index (κ1) is 8.38. The molecule has 0 saturated carbocycles. The Hall–Kier alpha value is -1.22. The standard InChI is InChI=1S/C10H15N3/c1-7-5-12-6-8-3-2-4-9(11)10(8)13-7/h2-4,7,12-13H,5-6,11H2,1H3/t7-/m1/s1. The van der Waals surface area contributed by atoms with Gasteiger partial charge >= 0.3 is 0 Å². The van der Waals surface area contributed by atoms with Crippen molar-refractivity contribution in [2.45, 2.75) is 19.5 Å². The number of nitrogens with two attached hydrogens (primary N) is 1. The normalized spacial score (nSPS) is 21.5. The van der Waals surface area contributed by atoms with Crippen LogP contribution >= 0.6 is 0 Å². The van der Waals surface area contributed by atoms with Crippen LogP contribution in [0, 0.1) is 0 Å². The van der Waals surface area contributed by atoms with E-state index in [0.29, 0.717) is 6.04 Å². The summed E-state index contributed by atoms with van der Waals surface area (Å²) in [7, 11) is 0. The lowest BCUT2D eigenvalue weighted by molar-refractivity contribution is 0.651. The molecule has 70 valence electrons. The zero-order valence-corrected chi connectivity index (χ0v) is 7.80. The molecule has 0 fully saturated rings. The SMILES string of the molecule is C[C@@H]1CNCc2cccc(N)c2N1. The van der Waals surface area contributed by atoms with Gasteiger partial charge in [0.05, 0.1) is 11.4 Å². The minimum absolute atomic E-state index is 0.436. The van der Waals surface area contributed by atoms with Gasteiger partial charge in [-0.05, 0) is 18.6 Å². The molecule has 0 aromatic heterocycles. The van der Waals surface area contributed by atoms with Crippen LogP contribution in [0.15, 0.2) is 18.2 Å². The van der Waals surface area contributed by atoms with Crippen LogP contribution in [0.4, 0.5) is 11.4 Å². The smallest absolute Gasteiger partial charge is 0.0622 e. The Labute approximate surface area is 78.3 Å². The second-order valence-corrected chi connectivity index (χ2v) is 3.56. The highest BCUT2D eigenvalue weighted by Crippen LogP contribution is 2.25. The summed E-state index contributed by atoms with van der Waals surface area (Å²) in [6.45, 7) is 4.03. The second kappa shape index (κ2) is 3.26. The van der Waals surface area contributed by atoms with Gasteiger partial charge in [0.1, 0.15) is 0 Å². The topological polar surface area (TPSA) is 50.1 Å². The van der Waals surface area contributed by atoms with Gasteiger partial charge in [-0.1, -0.05) is 12.1 Å². The summed E-state index contributed by atoms with van der Waals surface area (Å²) in [4.78, 5) is 0. The van der Waals surface area contributed by atoms with Crippen molar-refractivity contribution in [1.82, 2.24) is 5.32 Å². The van der Waals surface area contributed by atoms with Crippen molar-refractivity contribution in [3.05, 3.63) is 23.8 Å². The summed E-state index contributed by atoms with van der Waals surface area (Å²) in [5, 5.41) is 6.77. The van der Waals surface area contributed by atoms with Gasteiger partial charge < -0.3 is 16.4 Å². The molecule has 0 saturated heterocycles. The molecule has 0 bridgehead atoms. The molecule has 1 atom stereocenters. The Morgan fingerprint density at radius 3 is 3.15 bits per heavy atom. The summed E-state index contributed by atoms with van der Waals surface area (Å²) in [5.41, 5.74) is 9.07. The molecule has 0 aliphatic carbocycles. The summed E-state index contributed by atoms with van der Waals surface area (Å²) >= 11 is 0. The van der Waals surface area contributed by atoms with Crippen molar-refractivity contribution in [2.75, 3.05) is 17.6 Å². The number of para-hydroxylation sites is 1. The molecule has 1 heterocycles. The molecule has 0 radical (unpaired) electrons. The van der Waals surface area contributed by atoms with Gasteiger partial charge in [0.15, 0.2) is 0 Å². The van der Waals surface area contributed by atoms with Crippen molar-refractivity contribution in [3.63, 3.8) is 0 Å². The first-order valence-corrected chi connectivity index (χ1v) is 4.62. The van der Waals surface area contributed by atoms with Gasteiger partial charge in [-0.25, -0.2) is 0 Å². The van der Waals surface area contributed by atoms with E-state index in [1.165, 1.54) is 5.56 Å². The number of fused-ring (bicyclic) bond motifs is 1.